The molecule has 0 bridgehead atoms. The second kappa shape index (κ2) is 11.5. The molecule has 12 aromatic rings. The van der Waals surface area contributed by atoms with Crippen molar-refractivity contribution < 1.29 is 9.15 Å². The molecule has 0 saturated heterocycles. The van der Waals surface area contributed by atoms with Gasteiger partial charge in [-0.15, -0.1) is 11.3 Å². The molecule has 0 N–H and O–H groups in total. The lowest BCUT2D eigenvalue weighted by Gasteiger charge is -2.33. The molecule has 6 nitrogen and oxygen atoms in total. The first-order chi connectivity index (χ1) is 28.3. The lowest BCUT2D eigenvalue weighted by atomic mass is 10.00. The van der Waals surface area contributed by atoms with Crippen LogP contribution in [0, 0.1) is 0 Å². The summed E-state index contributed by atoms with van der Waals surface area (Å²) in [4.78, 5) is 13.1. The molecule has 0 radical (unpaired) electrons. The molecule has 1 aliphatic rings. The van der Waals surface area contributed by atoms with Crippen molar-refractivity contribution in [1.82, 2.24) is 14.5 Å². The van der Waals surface area contributed by atoms with Crippen molar-refractivity contribution in [2.24, 2.45) is 0 Å². The van der Waals surface area contributed by atoms with Gasteiger partial charge < -0.3 is 14.1 Å². The molecule has 7 heteroatoms. The van der Waals surface area contributed by atoms with Crippen LogP contribution in [0.1, 0.15) is 0 Å². The summed E-state index contributed by atoms with van der Waals surface area (Å²) in [7, 11) is 0. The number of rotatable bonds is 3. The van der Waals surface area contributed by atoms with E-state index in [-0.39, 0.29) is 0 Å². The van der Waals surface area contributed by atoms with Gasteiger partial charge in [-0.25, -0.2) is 9.97 Å². The Hall–Kier alpha value is -7.48. The molecule has 13 rings (SSSR count). The van der Waals surface area contributed by atoms with Gasteiger partial charge in [0.2, 0.25) is 0 Å². The van der Waals surface area contributed by atoms with Crippen LogP contribution in [0.2, 0.25) is 0 Å². The normalized spacial score (nSPS) is 12.7. The standard InChI is InChI=1S/C50H28N4O2S/c1-2-14-30(15-3-1)53-37-22-10-12-24-40(37)55-41-27-26-29(28-38(41)53)49-51-45-34-19-7-11-23-39(34)56-47(45)50(52-49)54-36-21-9-6-18-33(36)43-44-35-20-8-13-25-42(35)57-48(44)32-17-5-4-16-31(32)46(43)54/h1-28H. The number of thiophene rings is 1. The molecule has 0 aliphatic carbocycles. The van der Waals surface area contributed by atoms with Crippen molar-refractivity contribution in [3.63, 3.8) is 0 Å². The van der Waals surface area contributed by atoms with Gasteiger partial charge in [-0.05, 0) is 66.7 Å². The molecule has 8 aromatic carbocycles. The van der Waals surface area contributed by atoms with Crippen LogP contribution >= 0.6 is 11.3 Å². The van der Waals surface area contributed by atoms with E-state index in [4.69, 9.17) is 19.1 Å². The zero-order chi connectivity index (χ0) is 37.2. The molecule has 1 aliphatic heterocycles. The van der Waals surface area contributed by atoms with Crippen LogP contribution in [0.25, 0.3) is 92.0 Å². The Bertz CT molecular complexity index is 3640. The Morgan fingerprint density at radius 3 is 2.12 bits per heavy atom. The predicted molar refractivity (Wildman–Crippen MR) is 234 cm³/mol. The Balaban J connectivity index is 1.15. The van der Waals surface area contributed by atoms with Crippen molar-refractivity contribution in [1.29, 1.82) is 0 Å². The molecule has 57 heavy (non-hydrogen) atoms. The maximum Gasteiger partial charge on any atom is 0.197 e. The highest BCUT2D eigenvalue weighted by Crippen LogP contribution is 2.52. The summed E-state index contributed by atoms with van der Waals surface area (Å²) in [5.74, 6) is 2.85. The molecule has 0 spiro atoms. The molecular weight excluding hydrogens is 721 g/mol. The Labute approximate surface area is 329 Å². The first-order valence-corrected chi connectivity index (χ1v) is 19.8. The lowest BCUT2D eigenvalue weighted by molar-refractivity contribution is 0.477. The lowest BCUT2D eigenvalue weighted by Crippen LogP contribution is -2.15. The number of anilines is 3. The zero-order valence-electron chi connectivity index (χ0n) is 30.2. The summed E-state index contributed by atoms with van der Waals surface area (Å²) < 4.78 is 18.2. The average molecular weight is 749 g/mol. The molecule has 0 saturated carbocycles. The van der Waals surface area contributed by atoms with Gasteiger partial charge in [-0.2, -0.15) is 0 Å². The third-order valence-electron chi connectivity index (χ3n) is 11.4. The molecule has 0 unspecified atom stereocenters. The molecule has 5 heterocycles. The molecule has 0 fully saturated rings. The van der Waals surface area contributed by atoms with Gasteiger partial charge >= 0.3 is 0 Å². The van der Waals surface area contributed by atoms with Gasteiger partial charge in [-0.3, -0.25) is 4.57 Å². The van der Waals surface area contributed by atoms with Gasteiger partial charge in [0.25, 0.3) is 0 Å². The fourth-order valence-electron chi connectivity index (χ4n) is 8.95. The van der Waals surface area contributed by atoms with Gasteiger partial charge in [0.05, 0.1) is 22.4 Å². The predicted octanol–water partition coefficient (Wildman–Crippen LogP) is 14.2. The fourth-order valence-corrected chi connectivity index (χ4v) is 10.2. The number of hydrogen-bond acceptors (Lipinski definition) is 6. The van der Waals surface area contributed by atoms with Gasteiger partial charge in [0, 0.05) is 58.4 Å². The molecule has 0 atom stereocenters. The Morgan fingerprint density at radius 1 is 0.526 bits per heavy atom. The summed E-state index contributed by atoms with van der Waals surface area (Å²) in [5.41, 5.74) is 8.10. The highest BCUT2D eigenvalue weighted by Gasteiger charge is 2.29. The van der Waals surface area contributed by atoms with E-state index < -0.39 is 0 Å². The fraction of sp³-hybridized carbons (Fsp3) is 0. The number of ether oxygens (including phenoxy) is 1. The van der Waals surface area contributed by atoms with Crippen molar-refractivity contribution in [3.8, 4) is 28.7 Å². The Kier molecular flexibility index (Phi) is 6.23. The van der Waals surface area contributed by atoms with Crippen LogP contribution in [0.4, 0.5) is 17.1 Å². The van der Waals surface area contributed by atoms with Gasteiger partial charge in [0.1, 0.15) is 11.1 Å². The smallest absolute Gasteiger partial charge is 0.197 e. The number of nitrogens with zero attached hydrogens (tertiary/aromatic N) is 4. The molecular formula is C50H28N4O2S. The number of fused-ring (bicyclic) bond motifs is 15. The van der Waals surface area contributed by atoms with E-state index >= 15 is 0 Å². The van der Waals surface area contributed by atoms with E-state index in [2.05, 4.69) is 131 Å². The topological polar surface area (TPSA) is 56.3 Å². The highest BCUT2D eigenvalue weighted by atomic mass is 32.1. The Morgan fingerprint density at radius 2 is 1.23 bits per heavy atom. The summed E-state index contributed by atoms with van der Waals surface area (Å²) in [6, 6.07) is 59.2. The minimum absolute atomic E-state index is 0.594. The molecule has 4 aromatic heterocycles. The first kappa shape index (κ1) is 30.8. The van der Waals surface area contributed by atoms with E-state index in [0.29, 0.717) is 17.2 Å². The first-order valence-electron chi connectivity index (χ1n) is 19.0. The molecule has 266 valence electrons. The van der Waals surface area contributed by atoms with Crippen molar-refractivity contribution in [2.45, 2.75) is 0 Å². The van der Waals surface area contributed by atoms with Crippen LogP contribution in [0.5, 0.6) is 11.5 Å². The second-order valence-corrected chi connectivity index (χ2v) is 15.5. The van der Waals surface area contributed by atoms with Crippen LogP contribution in [-0.2, 0) is 0 Å². The minimum Gasteiger partial charge on any atom is -0.453 e. The summed E-state index contributed by atoms with van der Waals surface area (Å²) in [6.07, 6.45) is 0. The largest absolute Gasteiger partial charge is 0.453 e. The average Bonchev–Trinajstić information content (AvgIpc) is 3.96. The monoisotopic (exact) mass is 748 g/mol. The molecule has 0 amide bonds. The summed E-state index contributed by atoms with van der Waals surface area (Å²) >= 11 is 1.86. The summed E-state index contributed by atoms with van der Waals surface area (Å²) in [5, 5.41) is 8.23. The number of benzene rings is 8. The van der Waals surface area contributed by atoms with E-state index in [1.54, 1.807) is 0 Å². The van der Waals surface area contributed by atoms with Crippen LogP contribution in [0.15, 0.2) is 174 Å². The summed E-state index contributed by atoms with van der Waals surface area (Å²) in [6.45, 7) is 0. The van der Waals surface area contributed by atoms with Gasteiger partial charge in [-0.1, -0.05) is 103 Å². The van der Waals surface area contributed by atoms with E-state index in [1.807, 2.05) is 59.9 Å². The van der Waals surface area contributed by atoms with E-state index in [0.717, 1.165) is 67.0 Å². The number of para-hydroxylation sites is 5. The van der Waals surface area contributed by atoms with Gasteiger partial charge in [0.15, 0.2) is 28.7 Å². The highest BCUT2D eigenvalue weighted by molar-refractivity contribution is 7.27. The number of furan rings is 1. The van der Waals surface area contributed by atoms with Crippen molar-refractivity contribution in [2.75, 3.05) is 4.90 Å². The quantitative estimate of drug-likeness (QED) is 0.180. The number of hydrogen-bond donors (Lipinski definition) is 0. The third kappa shape index (κ3) is 4.29. The van der Waals surface area contributed by atoms with Crippen LogP contribution in [0.3, 0.4) is 0 Å². The second-order valence-electron chi connectivity index (χ2n) is 14.5. The van der Waals surface area contributed by atoms with Crippen molar-refractivity contribution in [3.05, 3.63) is 170 Å². The SMILES string of the molecule is c1ccc(N2c3ccccc3Oc3ccc(-c4nc(-n5c6ccccc6c6c7c8ccccc8sc7c7ccccc7c65)c5oc6ccccc6c5n4)cc32)cc1. The maximum atomic E-state index is 6.78. The van der Waals surface area contributed by atoms with Crippen LogP contribution in [-0.4, -0.2) is 14.5 Å². The third-order valence-corrected chi connectivity index (χ3v) is 12.6. The van der Waals surface area contributed by atoms with E-state index in [1.165, 1.54) is 36.3 Å². The maximum absolute atomic E-state index is 6.78. The van der Waals surface area contributed by atoms with Crippen LogP contribution < -0.4 is 9.64 Å². The number of aromatic nitrogens is 3. The van der Waals surface area contributed by atoms with Crippen molar-refractivity contribution >= 4 is 103 Å². The minimum atomic E-state index is 0.594. The zero-order valence-corrected chi connectivity index (χ0v) is 31.0. The van der Waals surface area contributed by atoms with E-state index in [9.17, 15) is 0 Å².